The summed E-state index contributed by atoms with van der Waals surface area (Å²) in [6.07, 6.45) is -0.234. The van der Waals surface area contributed by atoms with Crippen LogP contribution in [0.5, 0.6) is 0 Å². The summed E-state index contributed by atoms with van der Waals surface area (Å²) < 4.78 is 0.667. The topological polar surface area (TPSA) is 87.1 Å². The SMILES string of the molecule is N#Cc1cc(Br)cc(N)c1CC(=O)O. The van der Waals surface area contributed by atoms with Gasteiger partial charge in [0, 0.05) is 15.7 Å². The number of carboxylic acids is 1. The van der Waals surface area contributed by atoms with Crippen LogP contribution in [0.25, 0.3) is 0 Å². The second-order valence-corrected chi connectivity index (χ2v) is 3.62. The van der Waals surface area contributed by atoms with E-state index in [1.54, 1.807) is 12.1 Å². The van der Waals surface area contributed by atoms with Gasteiger partial charge in [0.15, 0.2) is 0 Å². The fourth-order valence-electron chi connectivity index (χ4n) is 1.11. The lowest BCUT2D eigenvalue weighted by atomic mass is 10.0. The Balaban J connectivity index is 3.27. The van der Waals surface area contributed by atoms with Gasteiger partial charge in [-0.1, -0.05) is 15.9 Å². The van der Waals surface area contributed by atoms with Gasteiger partial charge in [0.25, 0.3) is 0 Å². The summed E-state index contributed by atoms with van der Waals surface area (Å²) in [5.74, 6) is -1.00. The number of benzene rings is 1. The van der Waals surface area contributed by atoms with E-state index >= 15 is 0 Å². The number of carbonyl (C=O) groups is 1. The molecule has 5 heteroatoms. The van der Waals surface area contributed by atoms with E-state index < -0.39 is 5.97 Å². The molecule has 0 radical (unpaired) electrons. The van der Waals surface area contributed by atoms with Gasteiger partial charge in [0.2, 0.25) is 0 Å². The molecule has 0 amide bonds. The van der Waals surface area contributed by atoms with E-state index in [2.05, 4.69) is 15.9 Å². The normalized spacial score (nSPS) is 9.43. The molecule has 3 N–H and O–H groups in total. The Morgan fingerprint density at radius 3 is 2.79 bits per heavy atom. The molecule has 72 valence electrons. The van der Waals surface area contributed by atoms with Crippen LogP contribution in [0, 0.1) is 11.3 Å². The number of anilines is 1. The summed E-state index contributed by atoms with van der Waals surface area (Å²) >= 11 is 3.18. The number of rotatable bonds is 2. The molecule has 14 heavy (non-hydrogen) atoms. The van der Waals surface area contributed by atoms with E-state index in [1.807, 2.05) is 6.07 Å². The maximum absolute atomic E-state index is 10.5. The molecule has 0 heterocycles. The fraction of sp³-hybridized carbons (Fsp3) is 0.111. The maximum Gasteiger partial charge on any atom is 0.307 e. The van der Waals surface area contributed by atoms with Gasteiger partial charge in [-0.25, -0.2) is 0 Å². The first-order valence-corrected chi connectivity index (χ1v) is 4.53. The van der Waals surface area contributed by atoms with Gasteiger partial charge in [0.05, 0.1) is 18.1 Å². The van der Waals surface area contributed by atoms with Crippen LogP contribution in [0.15, 0.2) is 16.6 Å². The van der Waals surface area contributed by atoms with E-state index in [9.17, 15) is 4.79 Å². The first-order chi connectivity index (χ1) is 6.54. The third kappa shape index (κ3) is 2.24. The van der Waals surface area contributed by atoms with Crippen molar-refractivity contribution in [1.29, 1.82) is 5.26 Å². The smallest absolute Gasteiger partial charge is 0.307 e. The maximum atomic E-state index is 10.5. The van der Waals surface area contributed by atoms with E-state index in [4.69, 9.17) is 16.1 Å². The highest BCUT2D eigenvalue weighted by Crippen LogP contribution is 2.23. The molecule has 0 saturated heterocycles. The molecule has 1 aromatic carbocycles. The number of nitrogens with zero attached hydrogens (tertiary/aromatic N) is 1. The monoisotopic (exact) mass is 254 g/mol. The van der Waals surface area contributed by atoms with Crippen LogP contribution >= 0.6 is 15.9 Å². The number of nitriles is 1. The van der Waals surface area contributed by atoms with E-state index in [0.29, 0.717) is 21.3 Å². The largest absolute Gasteiger partial charge is 0.481 e. The van der Waals surface area contributed by atoms with Gasteiger partial charge < -0.3 is 10.8 Å². The number of hydrogen-bond donors (Lipinski definition) is 2. The van der Waals surface area contributed by atoms with E-state index in [0.717, 1.165) is 0 Å². The van der Waals surface area contributed by atoms with Crippen molar-refractivity contribution >= 4 is 27.6 Å². The molecule has 0 bridgehead atoms. The number of nitrogens with two attached hydrogens (primary N) is 1. The molecule has 0 aliphatic heterocycles. The summed E-state index contributed by atoms with van der Waals surface area (Å²) in [5.41, 5.74) is 6.57. The van der Waals surface area contributed by atoms with Gasteiger partial charge in [-0.3, -0.25) is 4.79 Å². The summed E-state index contributed by atoms with van der Waals surface area (Å²) in [6.45, 7) is 0. The predicted octanol–water partition coefficient (Wildman–Crippen LogP) is 1.53. The van der Waals surface area contributed by atoms with Crippen LogP contribution in [0.1, 0.15) is 11.1 Å². The zero-order valence-electron chi connectivity index (χ0n) is 7.12. The highest BCUT2D eigenvalue weighted by atomic mass is 79.9. The number of hydrogen-bond acceptors (Lipinski definition) is 3. The minimum Gasteiger partial charge on any atom is -0.481 e. The van der Waals surface area contributed by atoms with Crippen LogP contribution in [-0.2, 0) is 11.2 Å². The van der Waals surface area contributed by atoms with Crippen molar-refractivity contribution in [2.45, 2.75) is 6.42 Å². The van der Waals surface area contributed by atoms with Gasteiger partial charge in [-0.05, 0) is 12.1 Å². The van der Waals surface area contributed by atoms with Crippen molar-refractivity contribution < 1.29 is 9.90 Å². The second-order valence-electron chi connectivity index (χ2n) is 2.70. The Kier molecular flexibility index (Phi) is 3.10. The highest BCUT2D eigenvalue weighted by Gasteiger charge is 2.11. The van der Waals surface area contributed by atoms with Crippen LogP contribution in [0.2, 0.25) is 0 Å². The van der Waals surface area contributed by atoms with Gasteiger partial charge in [-0.15, -0.1) is 0 Å². The molecule has 0 fully saturated rings. The minimum atomic E-state index is -1.00. The second kappa shape index (κ2) is 4.11. The Labute approximate surface area is 89.1 Å². The van der Waals surface area contributed by atoms with Crippen LogP contribution in [0.3, 0.4) is 0 Å². The number of carboxylic acid groups (broad SMARTS) is 1. The average Bonchev–Trinajstić information content (AvgIpc) is 2.08. The van der Waals surface area contributed by atoms with Crippen molar-refractivity contribution in [3.05, 3.63) is 27.7 Å². The van der Waals surface area contributed by atoms with E-state index in [1.165, 1.54) is 0 Å². The predicted molar refractivity (Wildman–Crippen MR) is 54.6 cm³/mol. The zero-order valence-corrected chi connectivity index (χ0v) is 8.71. The first kappa shape index (κ1) is 10.5. The van der Waals surface area contributed by atoms with Crippen molar-refractivity contribution in [2.75, 3.05) is 5.73 Å². The molecule has 0 saturated carbocycles. The summed E-state index contributed by atoms with van der Waals surface area (Å²) in [6, 6.07) is 5.04. The number of aliphatic carboxylic acids is 1. The third-order valence-electron chi connectivity index (χ3n) is 1.70. The summed E-state index contributed by atoms with van der Waals surface area (Å²) in [5, 5.41) is 17.4. The molecule has 0 atom stereocenters. The molecule has 0 aliphatic carbocycles. The van der Waals surface area contributed by atoms with Crippen molar-refractivity contribution in [1.82, 2.24) is 0 Å². The van der Waals surface area contributed by atoms with Crippen molar-refractivity contribution in [2.24, 2.45) is 0 Å². The molecule has 4 nitrogen and oxygen atoms in total. The Bertz CT molecular complexity index is 424. The summed E-state index contributed by atoms with van der Waals surface area (Å²) in [7, 11) is 0. The minimum absolute atomic E-state index is 0.234. The van der Waals surface area contributed by atoms with Crippen LogP contribution in [-0.4, -0.2) is 11.1 Å². The highest BCUT2D eigenvalue weighted by molar-refractivity contribution is 9.10. The molecule has 1 rings (SSSR count). The Morgan fingerprint density at radius 1 is 1.64 bits per heavy atom. The number of halogens is 1. The van der Waals surface area contributed by atoms with Gasteiger partial charge >= 0.3 is 5.97 Å². The molecule has 1 aromatic rings. The Hall–Kier alpha value is -1.54. The molecule has 0 aromatic heterocycles. The quantitative estimate of drug-likeness (QED) is 0.784. The lowest BCUT2D eigenvalue weighted by Crippen LogP contribution is -2.06. The first-order valence-electron chi connectivity index (χ1n) is 3.74. The number of nitrogen functional groups attached to an aromatic ring is 1. The van der Waals surface area contributed by atoms with Crippen LogP contribution in [0.4, 0.5) is 5.69 Å². The fourth-order valence-corrected chi connectivity index (χ4v) is 1.58. The molecule has 0 unspecified atom stereocenters. The molecular formula is C9H7BrN2O2. The molecular weight excluding hydrogens is 248 g/mol. The van der Waals surface area contributed by atoms with E-state index in [-0.39, 0.29) is 6.42 Å². The lowest BCUT2D eigenvalue weighted by molar-refractivity contribution is -0.136. The summed E-state index contributed by atoms with van der Waals surface area (Å²) in [4.78, 5) is 10.5. The molecule has 0 aliphatic rings. The lowest BCUT2D eigenvalue weighted by Gasteiger charge is -2.05. The van der Waals surface area contributed by atoms with Gasteiger partial charge in [0.1, 0.15) is 0 Å². The average molecular weight is 255 g/mol. The molecule has 0 spiro atoms. The third-order valence-corrected chi connectivity index (χ3v) is 2.16. The van der Waals surface area contributed by atoms with Crippen molar-refractivity contribution in [3.63, 3.8) is 0 Å². The standard InChI is InChI=1S/C9H7BrN2O2/c10-6-1-5(4-11)7(3-9(13)14)8(12)2-6/h1-2H,3,12H2,(H,13,14). The Morgan fingerprint density at radius 2 is 2.29 bits per heavy atom. The van der Waals surface area contributed by atoms with Crippen molar-refractivity contribution in [3.8, 4) is 6.07 Å². The van der Waals surface area contributed by atoms with Crippen LogP contribution < -0.4 is 5.73 Å². The van der Waals surface area contributed by atoms with Gasteiger partial charge in [-0.2, -0.15) is 5.26 Å². The zero-order chi connectivity index (χ0) is 10.7.